The van der Waals surface area contributed by atoms with Crippen LogP contribution in [0.2, 0.25) is 0 Å². The van der Waals surface area contributed by atoms with Gasteiger partial charge in [0.25, 0.3) is 0 Å². The first-order chi connectivity index (χ1) is 13.2. The smallest absolute Gasteiger partial charge is 0.191 e. The molecule has 0 aliphatic rings. The molecule has 0 fully saturated rings. The van der Waals surface area contributed by atoms with Crippen LogP contribution in [0.25, 0.3) is 0 Å². The van der Waals surface area contributed by atoms with Crippen LogP contribution in [0, 0.1) is 0 Å². The van der Waals surface area contributed by atoms with E-state index in [0.717, 1.165) is 16.9 Å². The summed E-state index contributed by atoms with van der Waals surface area (Å²) >= 11 is 0. The average molecular weight is 497 g/mol. The van der Waals surface area contributed by atoms with Crippen molar-refractivity contribution in [3.8, 4) is 17.2 Å². The Labute approximate surface area is 184 Å². The summed E-state index contributed by atoms with van der Waals surface area (Å²) in [7, 11) is 4.99. The average Bonchev–Trinajstić information content (AvgIpc) is 2.72. The van der Waals surface area contributed by atoms with Crippen LogP contribution < -0.4 is 24.8 Å². The van der Waals surface area contributed by atoms with E-state index in [-0.39, 0.29) is 24.0 Å². The molecule has 2 N–H and O–H groups in total. The van der Waals surface area contributed by atoms with Crippen molar-refractivity contribution in [2.24, 2.45) is 4.99 Å². The fourth-order valence-electron chi connectivity index (χ4n) is 2.61. The van der Waals surface area contributed by atoms with Gasteiger partial charge in [-0.2, -0.15) is 0 Å². The number of ether oxygens (including phenoxy) is 3. The zero-order valence-corrected chi connectivity index (χ0v) is 18.9. The van der Waals surface area contributed by atoms with E-state index >= 15 is 0 Å². The highest BCUT2D eigenvalue weighted by molar-refractivity contribution is 14.0. The Kier molecular flexibility index (Phi) is 10.9. The summed E-state index contributed by atoms with van der Waals surface area (Å²) in [5.41, 5.74) is 2.02. The Balaban J connectivity index is 0.00000392. The third-order valence-electron chi connectivity index (χ3n) is 3.93. The topological polar surface area (TPSA) is 64.1 Å². The number of methoxy groups -OCH3 is 2. The van der Waals surface area contributed by atoms with Crippen LogP contribution >= 0.6 is 24.0 Å². The molecule has 0 spiro atoms. The van der Waals surface area contributed by atoms with E-state index in [2.05, 4.69) is 22.2 Å². The number of hydrogen-bond acceptors (Lipinski definition) is 4. The summed E-state index contributed by atoms with van der Waals surface area (Å²) < 4.78 is 16.5. The molecule has 0 amide bonds. The van der Waals surface area contributed by atoms with Gasteiger partial charge in [-0.05, 0) is 12.1 Å². The molecule has 0 saturated heterocycles. The second kappa shape index (κ2) is 12.9. The van der Waals surface area contributed by atoms with E-state index in [1.807, 2.05) is 42.5 Å². The lowest BCUT2D eigenvalue weighted by Crippen LogP contribution is -2.36. The Morgan fingerprint density at radius 2 is 1.61 bits per heavy atom. The molecular formula is C21H28IN3O3. The van der Waals surface area contributed by atoms with E-state index < -0.39 is 0 Å². The molecule has 0 aliphatic carbocycles. The normalized spacial score (nSPS) is 10.5. The van der Waals surface area contributed by atoms with Gasteiger partial charge >= 0.3 is 0 Å². The molecule has 152 valence electrons. The third-order valence-corrected chi connectivity index (χ3v) is 3.93. The molecule has 28 heavy (non-hydrogen) atoms. The van der Waals surface area contributed by atoms with Gasteiger partial charge in [-0.15, -0.1) is 24.0 Å². The first kappa shape index (κ1) is 23.6. The van der Waals surface area contributed by atoms with Gasteiger partial charge in [0.05, 0.1) is 14.2 Å². The van der Waals surface area contributed by atoms with E-state index in [0.29, 0.717) is 37.2 Å². The minimum Gasteiger partial charge on any atom is -0.493 e. The molecule has 2 aromatic carbocycles. The first-order valence-corrected chi connectivity index (χ1v) is 8.69. The van der Waals surface area contributed by atoms with Gasteiger partial charge in [0.1, 0.15) is 12.4 Å². The molecule has 7 heteroatoms. The summed E-state index contributed by atoms with van der Waals surface area (Å²) in [5, 5.41) is 6.59. The number of halogens is 1. The number of nitrogens with one attached hydrogen (secondary N) is 2. The Morgan fingerprint density at radius 3 is 2.25 bits per heavy atom. The molecule has 0 aromatic heterocycles. The van der Waals surface area contributed by atoms with E-state index in [1.54, 1.807) is 27.3 Å². The number of guanidine groups is 1. The molecule has 2 aromatic rings. The Hall–Kier alpha value is -2.42. The highest BCUT2D eigenvalue weighted by Crippen LogP contribution is 2.30. The maximum atomic E-state index is 5.69. The van der Waals surface area contributed by atoms with Gasteiger partial charge in [0.2, 0.25) is 0 Å². The monoisotopic (exact) mass is 497 g/mol. The fourth-order valence-corrected chi connectivity index (χ4v) is 2.61. The molecule has 0 radical (unpaired) electrons. The summed E-state index contributed by atoms with van der Waals surface area (Å²) in [4.78, 5) is 4.27. The number of benzene rings is 2. The highest BCUT2D eigenvalue weighted by atomic mass is 127. The Morgan fingerprint density at radius 1 is 0.964 bits per heavy atom. The minimum atomic E-state index is 0. The fraction of sp³-hybridized carbons (Fsp3) is 0.286. The molecule has 0 bridgehead atoms. The molecule has 2 rings (SSSR count). The van der Waals surface area contributed by atoms with Crippen molar-refractivity contribution in [3.05, 3.63) is 66.2 Å². The molecule has 6 nitrogen and oxygen atoms in total. The summed E-state index contributed by atoms with van der Waals surface area (Å²) in [6.45, 7) is 5.29. The van der Waals surface area contributed by atoms with Crippen LogP contribution in [0.3, 0.4) is 0 Å². The lowest BCUT2D eigenvalue weighted by molar-refractivity contribution is 0.351. The number of hydrogen-bond donors (Lipinski definition) is 2. The van der Waals surface area contributed by atoms with Gasteiger partial charge in [-0.25, -0.2) is 0 Å². The second-order valence-corrected chi connectivity index (χ2v) is 5.64. The van der Waals surface area contributed by atoms with E-state index in [4.69, 9.17) is 14.2 Å². The van der Waals surface area contributed by atoms with Crippen molar-refractivity contribution >= 4 is 29.9 Å². The molecule has 0 saturated carbocycles. The molecule has 0 atom stereocenters. The molecule has 0 heterocycles. The third kappa shape index (κ3) is 6.63. The lowest BCUT2D eigenvalue weighted by Gasteiger charge is -2.16. The van der Waals surface area contributed by atoms with Crippen LogP contribution in [0.4, 0.5) is 0 Å². The van der Waals surface area contributed by atoms with Crippen LogP contribution in [-0.2, 0) is 13.1 Å². The molecule has 0 aliphatic heterocycles. The standard InChI is InChI=1S/C21H27N3O3.HI/c1-5-13-27-18-11-7-6-9-16(18)14-23-21(22-2)24-15-17-10-8-12-19(25-3)20(17)26-4;/h5-12H,1,13-15H2,2-4H3,(H2,22,23,24);1H. The second-order valence-electron chi connectivity index (χ2n) is 5.64. The van der Waals surface area contributed by atoms with Gasteiger partial charge in [0, 0.05) is 31.3 Å². The lowest BCUT2D eigenvalue weighted by atomic mass is 10.2. The van der Waals surface area contributed by atoms with Crippen LogP contribution in [0.15, 0.2) is 60.1 Å². The summed E-state index contributed by atoms with van der Waals surface area (Å²) in [6, 6.07) is 13.7. The Bertz CT molecular complexity index is 781. The zero-order chi connectivity index (χ0) is 19.5. The van der Waals surface area contributed by atoms with Crippen molar-refractivity contribution in [3.63, 3.8) is 0 Å². The van der Waals surface area contributed by atoms with Crippen molar-refractivity contribution in [1.29, 1.82) is 0 Å². The van der Waals surface area contributed by atoms with E-state index in [1.165, 1.54) is 0 Å². The quantitative estimate of drug-likeness (QED) is 0.239. The van der Waals surface area contributed by atoms with Gasteiger partial charge in [0.15, 0.2) is 17.5 Å². The number of aliphatic imine (C=N–C) groups is 1. The van der Waals surface area contributed by atoms with Crippen molar-refractivity contribution < 1.29 is 14.2 Å². The largest absolute Gasteiger partial charge is 0.493 e. The van der Waals surface area contributed by atoms with Crippen molar-refractivity contribution in [2.75, 3.05) is 27.9 Å². The van der Waals surface area contributed by atoms with Crippen molar-refractivity contribution in [2.45, 2.75) is 13.1 Å². The number of para-hydroxylation sites is 2. The predicted octanol–water partition coefficient (Wildman–Crippen LogP) is 3.75. The summed E-state index contributed by atoms with van der Waals surface area (Å²) in [5.74, 6) is 2.92. The highest BCUT2D eigenvalue weighted by Gasteiger charge is 2.10. The first-order valence-electron chi connectivity index (χ1n) is 8.69. The maximum Gasteiger partial charge on any atom is 0.191 e. The number of rotatable bonds is 9. The zero-order valence-electron chi connectivity index (χ0n) is 16.5. The number of nitrogens with zero attached hydrogens (tertiary/aromatic N) is 1. The van der Waals surface area contributed by atoms with Gasteiger partial charge < -0.3 is 24.8 Å². The van der Waals surface area contributed by atoms with Crippen LogP contribution in [-0.4, -0.2) is 33.8 Å². The van der Waals surface area contributed by atoms with Crippen LogP contribution in [0.5, 0.6) is 17.2 Å². The van der Waals surface area contributed by atoms with Crippen LogP contribution in [0.1, 0.15) is 11.1 Å². The minimum absolute atomic E-state index is 0. The maximum absolute atomic E-state index is 5.69. The molecule has 0 unspecified atom stereocenters. The van der Waals surface area contributed by atoms with Gasteiger partial charge in [-0.3, -0.25) is 4.99 Å². The predicted molar refractivity (Wildman–Crippen MR) is 124 cm³/mol. The SMILES string of the molecule is C=CCOc1ccccc1CNC(=NC)NCc1cccc(OC)c1OC.I. The van der Waals surface area contributed by atoms with Gasteiger partial charge in [-0.1, -0.05) is 43.0 Å². The van der Waals surface area contributed by atoms with Crippen molar-refractivity contribution in [1.82, 2.24) is 10.6 Å². The summed E-state index contributed by atoms with van der Waals surface area (Å²) in [6.07, 6.45) is 1.73. The molecular weight excluding hydrogens is 469 g/mol. The van der Waals surface area contributed by atoms with E-state index in [9.17, 15) is 0 Å².